The molecular weight excluding hydrogens is 406 g/mol. The van der Waals surface area contributed by atoms with Crippen molar-refractivity contribution in [2.75, 3.05) is 26.2 Å². The molecule has 3 heterocycles. The number of ether oxygens (including phenoxy) is 1. The molecule has 154 valence electrons. The van der Waals surface area contributed by atoms with Gasteiger partial charge in [0.05, 0.1) is 18.2 Å². The van der Waals surface area contributed by atoms with E-state index in [1.807, 2.05) is 0 Å². The Morgan fingerprint density at radius 2 is 2.11 bits per heavy atom. The van der Waals surface area contributed by atoms with Crippen LogP contribution in [0.3, 0.4) is 0 Å². The number of carbonyl (C=O) groups excluding carboxylic acids is 2. The van der Waals surface area contributed by atoms with Crippen LogP contribution in [0.5, 0.6) is 0 Å². The van der Waals surface area contributed by atoms with E-state index >= 15 is 0 Å². The highest BCUT2D eigenvalue weighted by Gasteiger charge is 2.43. The van der Waals surface area contributed by atoms with Crippen molar-refractivity contribution in [2.45, 2.75) is 42.7 Å². The molecule has 2 amide bonds. The molecule has 0 saturated carbocycles. The zero-order valence-electron chi connectivity index (χ0n) is 15.3. The van der Waals surface area contributed by atoms with Gasteiger partial charge in [0.1, 0.15) is 4.90 Å². The third-order valence-corrected chi connectivity index (χ3v) is 7.12. The normalized spacial score (nSPS) is 25.4. The molecule has 1 aromatic carbocycles. The van der Waals surface area contributed by atoms with E-state index in [0.717, 1.165) is 36.5 Å². The van der Waals surface area contributed by atoms with Crippen molar-refractivity contribution in [3.8, 4) is 0 Å². The third kappa shape index (κ3) is 3.89. The van der Waals surface area contributed by atoms with Crippen LogP contribution >= 0.6 is 12.4 Å². The number of amides is 2. The fourth-order valence-electron chi connectivity index (χ4n) is 3.82. The van der Waals surface area contributed by atoms with Gasteiger partial charge in [-0.25, -0.2) is 12.7 Å². The summed E-state index contributed by atoms with van der Waals surface area (Å²) in [5.41, 5.74) is 0.351. The van der Waals surface area contributed by atoms with Crippen molar-refractivity contribution in [3.63, 3.8) is 0 Å². The van der Waals surface area contributed by atoms with Crippen molar-refractivity contribution >= 4 is 34.2 Å². The molecule has 2 unspecified atom stereocenters. The summed E-state index contributed by atoms with van der Waals surface area (Å²) in [6.07, 6.45) is 3.42. The molecule has 0 aromatic heterocycles. The molecule has 8 nitrogen and oxygen atoms in total. The minimum Gasteiger partial charge on any atom is -0.376 e. The fraction of sp³-hybridized carbons (Fsp3) is 0.556. The minimum absolute atomic E-state index is 0. The second-order valence-corrected chi connectivity index (χ2v) is 9.02. The van der Waals surface area contributed by atoms with E-state index in [2.05, 4.69) is 10.6 Å². The van der Waals surface area contributed by atoms with Crippen LogP contribution in [0.25, 0.3) is 0 Å². The Morgan fingerprint density at radius 1 is 1.29 bits per heavy atom. The Morgan fingerprint density at radius 3 is 2.79 bits per heavy atom. The Bertz CT molecular complexity index is 864. The standard InChI is InChI=1S/C18H23N3O5S.ClH/c22-17(20-10-13-3-1-7-19-13)12-5-6-15-16(9-12)27(24,25)21(18(15)23)11-14-4-2-8-26-14;/h5-6,9,13-14,19H,1-4,7-8,10-11H2,(H,20,22);1H. The smallest absolute Gasteiger partial charge is 0.269 e. The van der Waals surface area contributed by atoms with E-state index in [9.17, 15) is 18.0 Å². The maximum atomic E-state index is 12.8. The number of sulfonamides is 1. The third-order valence-electron chi connectivity index (χ3n) is 5.33. The van der Waals surface area contributed by atoms with Gasteiger partial charge in [-0.15, -0.1) is 12.4 Å². The van der Waals surface area contributed by atoms with Gasteiger partial charge in [0.15, 0.2) is 0 Å². The van der Waals surface area contributed by atoms with Gasteiger partial charge in [0.25, 0.3) is 21.8 Å². The van der Waals surface area contributed by atoms with Crippen LogP contribution in [0.1, 0.15) is 46.4 Å². The highest BCUT2D eigenvalue weighted by Crippen LogP contribution is 2.32. The van der Waals surface area contributed by atoms with Gasteiger partial charge >= 0.3 is 0 Å². The molecule has 2 atom stereocenters. The summed E-state index contributed by atoms with van der Waals surface area (Å²) in [6.45, 7) is 2.04. The second-order valence-electron chi connectivity index (χ2n) is 7.19. The maximum absolute atomic E-state index is 12.8. The SMILES string of the molecule is Cl.O=C(NCC1CCCN1)c1ccc2c(c1)S(=O)(=O)N(CC1CCCO1)C2=O. The molecular formula is C18H24ClN3O5S. The quantitative estimate of drug-likeness (QED) is 0.721. The predicted octanol–water partition coefficient (Wildman–Crippen LogP) is 0.914. The lowest BCUT2D eigenvalue weighted by Gasteiger charge is -2.18. The van der Waals surface area contributed by atoms with Crippen LogP contribution in [0, 0.1) is 0 Å². The number of fused-ring (bicyclic) bond motifs is 1. The van der Waals surface area contributed by atoms with E-state index in [1.54, 1.807) is 0 Å². The highest BCUT2D eigenvalue weighted by atomic mass is 35.5. The first-order chi connectivity index (χ1) is 13.0. The van der Waals surface area contributed by atoms with Crippen molar-refractivity contribution in [1.82, 2.24) is 14.9 Å². The fourth-order valence-corrected chi connectivity index (χ4v) is 5.44. The highest BCUT2D eigenvalue weighted by molar-refractivity contribution is 7.90. The first-order valence-electron chi connectivity index (χ1n) is 9.31. The van der Waals surface area contributed by atoms with E-state index in [0.29, 0.717) is 13.2 Å². The van der Waals surface area contributed by atoms with E-state index in [1.165, 1.54) is 18.2 Å². The average Bonchev–Trinajstić information content (AvgIpc) is 3.39. The number of rotatable bonds is 5. The van der Waals surface area contributed by atoms with Crippen LogP contribution < -0.4 is 10.6 Å². The topological polar surface area (TPSA) is 105 Å². The Kier molecular flexibility index (Phi) is 6.28. The molecule has 2 saturated heterocycles. The van der Waals surface area contributed by atoms with Crippen LogP contribution in [-0.4, -0.2) is 62.9 Å². The van der Waals surface area contributed by atoms with Crippen molar-refractivity contribution in [1.29, 1.82) is 0 Å². The Hall–Kier alpha value is -1.68. The van der Waals surface area contributed by atoms with Crippen LogP contribution in [0.4, 0.5) is 0 Å². The lowest BCUT2D eigenvalue weighted by atomic mass is 10.1. The molecule has 0 aliphatic carbocycles. The molecule has 1 aromatic rings. The van der Waals surface area contributed by atoms with Gasteiger partial charge in [0, 0.05) is 24.8 Å². The number of benzene rings is 1. The number of nitrogens with one attached hydrogen (secondary N) is 2. The zero-order valence-corrected chi connectivity index (χ0v) is 17.0. The van der Waals surface area contributed by atoms with E-state index in [-0.39, 0.29) is 53.0 Å². The molecule has 3 aliphatic rings. The summed E-state index contributed by atoms with van der Waals surface area (Å²) < 4.78 is 32.0. The lowest BCUT2D eigenvalue weighted by Crippen LogP contribution is -2.37. The Balaban J connectivity index is 0.00000225. The molecule has 10 heteroatoms. The van der Waals surface area contributed by atoms with Gasteiger partial charge in [-0.2, -0.15) is 0 Å². The maximum Gasteiger partial charge on any atom is 0.269 e. The van der Waals surface area contributed by atoms with Crippen LogP contribution in [0.2, 0.25) is 0 Å². The average molecular weight is 430 g/mol. The van der Waals surface area contributed by atoms with Crippen molar-refractivity contribution in [2.24, 2.45) is 0 Å². The monoisotopic (exact) mass is 429 g/mol. The molecule has 3 aliphatic heterocycles. The van der Waals surface area contributed by atoms with Crippen molar-refractivity contribution < 1.29 is 22.7 Å². The summed E-state index contributed by atoms with van der Waals surface area (Å²) >= 11 is 0. The van der Waals surface area contributed by atoms with Crippen molar-refractivity contribution in [3.05, 3.63) is 29.3 Å². The van der Waals surface area contributed by atoms with Gasteiger partial charge in [0.2, 0.25) is 0 Å². The number of hydrogen-bond donors (Lipinski definition) is 2. The number of hydrogen-bond acceptors (Lipinski definition) is 6. The second kappa shape index (κ2) is 8.36. The van der Waals surface area contributed by atoms with E-state index < -0.39 is 15.9 Å². The van der Waals surface area contributed by atoms with Gasteiger partial charge < -0.3 is 15.4 Å². The van der Waals surface area contributed by atoms with Gasteiger partial charge in [-0.1, -0.05) is 0 Å². The predicted molar refractivity (Wildman–Crippen MR) is 104 cm³/mol. The lowest BCUT2D eigenvalue weighted by molar-refractivity contribution is 0.0707. The number of nitrogens with zero attached hydrogens (tertiary/aromatic N) is 1. The summed E-state index contributed by atoms with van der Waals surface area (Å²) in [7, 11) is -3.96. The number of carbonyl (C=O) groups is 2. The van der Waals surface area contributed by atoms with Gasteiger partial charge in [-0.05, 0) is 50.4 Å². The van der Waals surface area contributed by atoms with E-state index in [4.69, 9.17) is 4.74 Å². The first-order valence-corrected chi connectivity index (χ1v) is 10.7. The largest absolute Gasteiger partial charge is 0.376 e. The molecule has 0 spiro atoms. The summed E-state index contributed by atoms with van der Waals surface area (Å²) in [6, 6.07) is 4.47. The molecule has 0 radical (unpaired) electrons. The first kappa shape index (κ1) is 21.0. The minimum atomic E-state index is -3.96. The summed E-state index contributed by atoms with van der Waals surface area (Å²) in [5, 5.41) is 6.12. The molecule has 2 N–H and O–H groups in total. The van der Waals surface area contributed by atoms with Gasteiger partial charge in [-0.3, -0.25) is 9.59 Å². The summed E-state index contributed by atoms with van der Waals surface area (Å²) in [4.78, 5) is 24.9. The Labute approximate surface area is 170 Å². The molecule has 0 bridgehead atoms. The molecule has 2 fully saturated rings. The number of halogens is 1. The van der Waals surface area contributed by atoms with Crippen LogP contribution in [-0.2, 0) is 14.8 Å². The molecule has 4 rings (SSSR count). The molecule has 28 heavy (non-hydrogen) atoms. The van der Waals surface area contributed by atoms with Crippen LogP contribution in [0.15, 0.2) is 23.1 Å². The summed E-state index contributed by atoms with van der Waals surface area (Å²) in [5.74, 6) is -0.894. The zero-order chi connectivity index (χ0) is 19.0.